The zero-order valence-electron chi connectivity index (χ0n) is 5.99. The minimum Gasteiger partial charge on any atom is -0.469 e. The van der Waals surface area contributed by atoms with Crippen LogP contribution in [0.3, 0.4) is 0 Å². The van der Waals surface area contributed by atoms with Crippen molar-refractivity contribution in [2.45, 2.75) is 12.3 Å². The first-order valence-corrected chi connectivity index (χ1v) is 3.61. The molecule has 1 aromatic heterocycles. The van der Waals surface area contributed by atoms with E-state index in [0.717, 1.165) is 5.76 Å². The Balaban J connectivity index is 2.21. The summed E-state index contributed by atoms with van der Waals surface area (Å²) in [7, 11) is 0. The quantitative estimate of drug-likeness (QED) is 0.608. The second-order valence-corrected chi connectivity index (χ2v) is 2.65. The largest absolute Gasteiger partial charge is 0.469 e. The van der Waals surface area contributed by atoms with Crippen LogP contribution in [0, 0.1) is 0 Å². The highest BCUT2D eigenvalue weighted by Gasteiger charge is 2.19. The zero-order chi connectivity index (χ0) is 7.68. The molecule has 0 aromatic carbocycles. The van der Waals surface area contributed by atoms with Crippen LogP contribution in [0.15, 0.2) is 35.0 Å². The van der Waals surface area contributed by atoms with Crippen LogP contribution < -0.4 is 0 Å². The molecule has 1 aliphatic rings. The van der Waals surface area contributed by atoms with Crippen molar-refractivity contribution in [3.05, 3.63) is 36.3 Å². The molecule has 0 N–H and O–H groups in total. The molecule has 2 rings (SSSR count). The third-order valence-corrected chi connectivity index (χ3v) is 1.84. The average molecular weight is 148 g/mol. The highest BCUT2D eigenvalue weighted by atomic mass is 16.3. The van der Waals surface area contributed by atoms with Crippen molar-refractivity contribution < 1.29 is 9.21 Å². The Bertz CT molecular complexity index is 283. The van der Waals surface area contributed by atoms with Crippen molar-refractivity contribution in [2.75, 3.05) is 0 Å². The minimum absolute atomic E-state index is 0.178. The van der Waals surface area contributed by atoms with Gasteiger partial charge in [0.1, 0.15) is 5.76 Å². The molecule has 2 heteroatoms. The number of carbonyl (C=O) groups is 1. The monoisotopic (exact) mass is 148 g/mol. The number of ketones is 1. The van der Waals surface area contributed by atoms with Crippen LogP contribution in [-0.4, -0.2) is 5.78 Å². The first-order valence-electron chi connectivity index (χ1n) is 3.61. The Morgan fingerprint density at radius 1 is 1.55 bits per heavy atom. The number of hydrogen-bond donors (Lipinski definition) is 0. The first-order chi connectivity index (χ1) is 5.36. The maximum atomic E-state index is 10.8. The predicted octanol–water partition coefficient (Wildman–Crippen LogP) is 1.89. The van der Waals surface area contributed by atoms with Crippen LogP contribution in [-0.2, 0) is 4.79 Å². The highest BCUT2D eigenvalue weighted by Crippen LogP contribution is 2.26. The summed E-state index contributed by atoms with van der Waals surface area (Å²) in [6.07, 6.45) is 5.70. The molecule has 1 atom stereocenters. The summed E-state index contributed by atoms with van der Waals surface area (Å²) < 4.78 is 5.16. The van der Waals surface area contributed by atoms with E-state index in [2.05, 4.69) is 0 Å². The van der Waals surface area contributed by atoms with E-state index in [1.807, 2.05) is 18.2 Å². The van der Waals surface area contributed by atoms with E-state index in [1.54, 1.807) is 12.3 Å². The standard InChI is InChI=1S/C9H8O2/c10-8-4-3-7(6-8)9-2-1-5-11-9/h1-5,7H,6H2/t7-/m0/s1. The second-order valence-electron chi connectivity index (χ2n) is 2.65. The summed E-state index contributed by atoms with van der Waals surface area (Å²) in [5.41, 5.74) is 0. The highest BCUT2D eigenvalue weighted by molar-refractivity contribution is 5.93. The maximum absolute atomic E-state index is 10.8. The van der Waals surface area contributed by atoms with Crippen molar-refractivity contribution in [3.63, 3.8) is 0 Å². The second kappa shape index (κ2) is 2.38. The molecule has 2 nitrogen and oxygen atoms in total. The Hall–Kier alpha value is -1.31. The summed E-state index contributed by atoms with van der Waals surface area (Å²) in [5, 5.41) is 0. The summed E-state index contributed by atoms with van der Waals surface area (Å²) >= 11 is 0. The third kappa shape index (κ3) is 1.11. The molecular formula is C9H8O2. The van der Waals surface area contributed by atoms with Crippen LogP contribution in [0.5, 0.6) is 0 Å². The summed E-state index contributed by atoms with van der Waals surface area (Å²) in [6.45, 7) is 0. The van der Waals surface area contributed by atoms with E-state index in [0.29, 0.717) is 6.42 Å². The van der Waals surface area contributed by atoms with Crippen LogP contribution in [0.1, 0.15) is 18.1 Å². The average Bonchev–Trinajstić information content (AvgIpc) is 2.55. The van der Waals surface area contributed by atoms with Gasteiger partial charge in [-0.2, -0.15) is 0 Å². The molecule has 0 unspecified atom stereocenters. The van der Waals surface area contributed by atoms with Crippen LogP contribution in [0.25, 0.3) is 0 Å². The van der Waals surface area contributed by atoms with Gasteiger partial charge in [0.2, 0.25) is 0 Å². The molecule has 11 heavy (non-hydrogen) atoms. The van der Waals surface area contributed by atoms with E-state index < -0.39 is 0 Å². The molecule has 0 saturated carbocycles. The van der Waals surface area contributed by atoms with E-state index >= 15 is 0 Å². The Morgan fingerprint density at radius 2 is 2.45 bits per heavy atom. The lowest BCUT2D eigenvalue weighted by Gasteiger charge is -1.99. The first kappa shape index (κ1) is 6.40. The molecule has 0 bridgehead atoms. The molecular weight excluding hydrogens is 140 g/mol. The van der Waals surface area contributed by atoms with Crippen molar-refractivity contribution in [3.8, 4) is 0 Å². The van der Waals surface area contributed by atoms with Gasteiger partial charge >= 0.3 is 0 Å². The smallest absolute Gasteiger partial charge is 0.156 e. The molecule has 0 spiro atoms. The van der Waals surface area contributed by atoms with Gasteiger partial charge in [0.05, 0.1) is 6.26 Å². The molecule has 1 heterocycles. The van der Waals surface area contributed by atoms with Gasteiger partial charge in [0.25, 0.3) is 0 Å². The Kier molecular flexibility index (Phi) is 1.39. The van der Waals surface area contributed by atoms with Crippen molar-refractivity contribution in [2.24, 2.45) is 0 Å². The number of allylic oxidation sites excluding steroid dienone is 2. The van der Waals surface area contributed by atoms with Crippen molar-refractivity contribution >= 4 is 5.78 Å². The van der Waals surface area contributed by atoms with Gasteiger partial charge < -0.3 is 4.42 Å². The fraction of sp³-hybridized carbons (Fsp3) is 0.222. The lowest BCUT2D eigenvalue weighted by molar-refractivity contribution is -0.114. The summed E-state index contributed by atoms with van der Waals surface area (Å²) in [5.74, 6) is 1.25. The number of hydrogen-bond acceptors (Lipinski definition) is 2. The zero-order valence-corrected chi connectivity index (χ0v) is 5.99. The molecule has 0 aliphatic heterocycles. The van der Waals surface area contributed by atoms with Crippen molar-refractivity contribution in [1.29, 1.82) is 0 Å². The molecule has 1 aliphatic carbocycles. The predicted molar refractivity (Wildman–Crippen MR) is 40.2 cm³/mol. The Labute approximate surface area is 64.5 Å². The SMILES string of the molecule is O=C1C=C[C@H](c2ccco2)C1. The number of carbonyl (C=O) groups excluding carboxylic acids is 1. The van der Waals surface area contributed by atoms with Crippen LogP contribution in [0.4, 0.5) is 0 Å². The van der Waals surface area contributed by atoms with Gasteiger partial charge in [-0.1, -0.05) is 6.08 Å². The lowest BCUT2D eigenvalue weighted by atomic mass is 10.1. The lowest BCUT2D eigenvalue weighted by Crippen LogP contribution is -1.92. The van der Waals surface area contributed by atoms with Gasteiger partial charge in [0, 0.05) is 12.3 Å². The van der Waals surface area contributed by atoms with E-state index in [4.69, 9.17) is 4.42 Å². The third-order valence-electron chi connectivity index (χ3n) is 1.84. The molecule has 56 valence electrons. The van der Waals surface area contributed by atoms with Crippen molar-refractivity contribution in [1.82, 2.24) is 0 Å². The normalized spacial score (nSPS) is 22.9. The Morgan fingerprint density at radius 3 is 3.00 bits per heavy atom. The maximum Gasteiger partial charge on any atom is 0.156 e. The molecule has 0 amide bonds. The summed E-state index contributed by atoms with van der Waals surface area (Å²) in [4.78, 5) is 10.8. The van der Waals surface area contributed by atoms with Gasteiger partial charge in [-0.25, -0.2) is 0 Å². The van der Waals surface area contributed by atoms with E-state index in [9.17, 15) is 4.79 Å². The fourth-order valence-electron chi connectivity index (χ4n) is 1.27. The van der Waals surface area contributed by atoms with Crippen LogP contribution >= 0.6 is 0 Å². The fourth-order valence-corrected chi connectivity index (χ4v) is 1.27. The van der Waals surface area contributed by atoms with Gasteiger partial charge in [-0.15, -0.1) is 0 Å². The van der Waals surface area contributed by atoms with Gasteiger partial charge in [-0.05, 0) is 18.2 Å². The van der Waals surface area contributed by atoms with Gasteiger partial charge in [0.15, 0.2) is 5.78 Å². The molecule has 0 radical (unpaired) electrons. The van der Waals surface area contributed by atoms with E-state index in [1.165, 1.54) is 0 Å². The number of furan rings is 1. The van der Waals surface area contributed by atoms with E-state index in [-0.39, 0.29) is 11.7 Å². The van der Waals surface area contributed by atoms with Crippen LogP contribution in [0.2, 0.25) is 0 Å². The molecule has 0 saturated heterocycles. The topological polar surface area (TPSA) is 30.2 Å². The summed E-state index contributed by atoms with van der Waals surface area (Å²) in [6, 6.07) is 3.74. The molecule has 0 fully saturated rings. The van der Waals surface area contributed by atoms with Gasteiger partial charge in [-0.3, -0.25) is 4.79 Å². The number of rotatable bonds is 1. The molecule has 1 aromatic rings. The minimum atomic E-state index is 0.178.